The van der Waals surface area contributed by atoms with Crippen LogP contribution in [0.15, 0.2) is 47.5 Å². The van der Waals surface area contributed by atoms with Crippen molar-refractivity contribution in [2.45, 2.75) is 64.7 Å². The highest BCUT2D eigenvalue weighted by molar-refractivity contribution is 5.83. The summed E-state index contributed by atoms with van der Waals surface area (Å²) in [5.74, 6) is 0.262. The lowest BCUT2D eigenvalue weighted by molar-refractivity contribution is -0.152. The fraction of sp³-hybridized carbons (Fsp3) is 0.536. The van der Waals surface area contributed by atoms with E-state index in [0.29, 0.717) is 21.9 Å². The van der Waals surface area contributed by atoms with E-state index in [1.165, 1.54) is 49.8 Å². The van der Waals surface area contributed by atoms with Crippen molar-refractivity contribution in [3.8, 4) is 5.75 Å². The zero-order chi connectivity index (χ0) is 22.1. The third-order valence-corrected chi connectivity index (χ3v) is 8.21. The van der Waals surface area contributed by atoms with E-state index in [2.05, 4.69) is 62.1 Å². The zero-order valence-corrected chi connectivity index (χ0v) is 19.7. The molecule has 3 nitrogen and oxygen atoms in total. The number of hydrogen-bond donors (Lipinski definition) is 1. The molecule has 4 bridgehead atoms. The zero-order valence-electron chi connectivity index (χ0n) is 19.7. The van der Waals surface area contributed by atoms with Crippen LogP contribution in [0, 0.1) is 16.2 Å². The molecular formula is C28H36N2O. The molecule has 31 heavy (non-hydrogen) atoms. The molecule has 0 aromatic heterocycles. The van der Waals surface area contributed by atoms with Gasteiger partial charge >= 0.3 is 0 Å². The first-order valence-electron chi connectivity index (χ1n) is 11.7. The number of aromatic hydroxyl groups is 1. The van der Waals surface area contributed by atoms with Gasteiger partial charge in [-0.2, -0.15) is 0 Å². The molecule has 2 aromatic carbocycles. The number of benzene rings is 2. The highest BCUT2D eigenvalue weighted by atomic mass is 16.3. The van der Waals surface area contributed by atoms with Crippen LogP contribution in [0.2, 0.25) is 0 Å². The second-order valence-corrected chi connectivity index (χ2v) is 12.2. The van der Waals surface area contributed by atoms with Crippen LogP contribution in [0.25, 0.3) is 0 Å². The van der Waals surface area contributed by atoms with Crippen molar-refractivity contribution >= 4 is 17.6 Å². The number of nitrogens with zero attached hydrogens (tertiary/aromatic N) is 2. The molecule has 4 fully saturated rings. The van der Waals surface area contributed by atoms with Gasteiger partial charge in [0.2, 0.25) is 0 Å². The predicted octanol–water partition coefficient (Wildman–Crippen LogP) is 6.85. The molecule has 0 radical (unpaired) electrons. The number of hydrogen-bond acceptors (Lipinski definition) is 3. The minimum absolute atomic E-state index is 0.221. The molecule has 1 N–H and O–H groups in total. The van der Waals surface area contributed by atoms with E-state index in [9.17, 15) is 5.11 Å². The normalized spacial score (nSPS) is 36.3. The third kappa shape index (κ3) is 3.56. The van der Waals surface area contributed by atoms with E-state index in [4.69, 9.17) is 4.99 Å². The summed E-state index contributed by atoms with van der Waals surface area (Å²) in [4.78, 5) is 6.79. The minimum atomic E-state index is 0.221. The van der Waals surface area contributed by atoms with Crippen LogP contribution in [-0.2, 0) is 5.41 Å². The monoisotopic (exact) mass is 416 g/mol. The largest absolute Gasteiger partial charge is 0.506 e. The Balaban J connectivity index is 1.48. The van der Waals surface area contributed by atoms with E-state index >= 15 is 0 Å². The van der Waals surface area contributed by atoms with Gasteiger partial charge < -0.3 is 10.0 Å². The van der Waals surface area contributed by atoms with E-state index in [0.717, 1.165) is 5.56 Å². The molecule has 6 rings (SSSR count). The summed E-state index contributed by atoms with van der Waals surface area (Å²) in [5, 5.41) is 10.5. The smallest absolute Gasteiger partial charge is 0.141 e. The van der Waals surface area contributed by atoms with Gasteiger partial charge in [0.25, 0.3) is 0 Å². The van der Waals surface area contributed by atoms with Crippen molar-refractivity contribution < 1.29 is 5.11 Å². The van der Waals surface area contributed by atoms with Crippen molar-refractivity contribution in [3.63, 3.8) is 0 Å². The van der Waals surface area contributed by atoms with Gasteiger partial charge in [0.1, 0.15) is 11.4 Å². The predicted molar refractivity (Wildman–Crippen MR) is 130 cm³/mol. The van der Waals surface area contributed by atoms with Gasteiger partial charge in [-0.3, -0.25) is 4.99 Å². The summed E-state index contributed by atoms with van der Waals surface area (Å²) in [6.07, 6.45) is 9.76. The van der Waals surface area contributed by atoms with E-state index in [1.54, 1.807) is 0 Å². The number of anilines is 1. The van der Waals surface area contributed by atoms with Crippen molar-refractivity contribution in [1.82, 2.24) is 0 Å². The fourth-order valence-electron chi connectivity index (χ4n) is 8.56. The maximum Gasteiger partial charge on any atom is 0.141 e. The van der Waals surface area contributed by atoms with Crippen molar-refractivity contribution in [1.29, 1.82) is 0 Å². The lowest BCUT2D eigenvalue weighted by Crippen LogP contribution is -2.60. The molecule has 0 heterocycles. The number of aliphatic imine (C=N–C) groups is 1. The maximum absolute atomic E-state index is 10.5. The number of rotatable bonds is 4. The Hall–Kier alpha value is -2.29. The van der Waals surface area contributed by atoms with Crippen molar-refractivity contribution in [3.05, 3.63) is 53.6 Å². The Morgan fingerprint density at radius 2 is 1.35 bits per heavy atom. The second-order valence-electron chi connectivity index (χ2n) is 12.2. The van der Waals surface area contributed by atoms with Gasteiger partial charge in [0.15, 0.2) is 0 Å². The molecule has 164 valence electrons. The Morgan fingerprint density at radius 1 is 0.806 bits per heavy atom. The molecular weight excluding hydrogens is 380 g/mol. The Bertz CT molecular complexity index is 982. The maximum atomic E-state index is 10.5. The first-order chi connectivity index (χ1) is 14.5. The highest BCUT2D eigenvalue weighted by Crippen LogP contribution is 2.73. The lowest BCUT2D eigenvalue weighted by atomic mass is 9.35. The molecule has 2 aromatic rings. The molecule has 0 unspecified atom stereocenters. The molecule has 4 aliphatic rings. The standard InChI is InChI=1S/C28H36N2O/c1-25-14-26(2)16-27(3,15-25)19-28(17-25,18-26)21-8-11-24(31)23(12-21)29-13-20-6-9-22(10-7-20)30(4)5/h6-13,31H,14-19H2,1-5H3. The molecule has 0 aliphatic heterocycles. The quantitative estimate of drug-likeness (QED) is 0.553. The third-order valence-electron chi connectivity index (χ3n) is 8.21. The van der Waals surface area contributed by atoms with Crippen LogP contribution in [0.4, 0.5) is 11.4 Å². The Labute approximate surface area is 187 Å². The summed E-state index contributed by atoms with van der Waals surface area (Å²) < 4.78 is 0. The lowest BCUT2D eigenvalue weighted by Gasteiger charge is -2.69. The Kier molecular flexibility index (Phi) is 4.39. The van der Waals surface area contributed by atoms with Gasteiger partial charge in [-0.25, -0.2) is 0 Å². The first-order valence-corrected chi connectivity index (χ1v) is 11.7. The second kappa shape index (κ2) is 6.60. The summed E-state index contributed by atoms with van der Waals surface area (Å²) in [7, 11) is 4.08. The van der Waals surface area contributed by atoms with Crippen LogP contribution in [0.3, 0.4) is 0 Å². The van der Waals surface area contributed by atoms with Crippen molar-refractivity contribution in [2.24, 2.45) is 21.2 Å². The number of phenols is 1. The van der Waals surface area contributed by atoms with Crippen LogP contribution < -0.4 is 4.90 Å². The summed E-state index contributed by atoms with van der Waals surface area (Å²) in [6, 6.07) is 14.5. The number of phenolic OH excluding ortho intramolecular Hbond substituents is 1. The van der Waals surface area contributed by atoms with Gasteiger partial charge in [0.05, 0.1) is 0 Å². The molecule has 0 spiro atoms. The fourth-order valence-corrected chi connectivity index (χ4v) is 8.56. The van der Waals surface area contributed by atoms with Crippen molar-refractivity contribution in [2.75, 3.05) is 19.0 Å². The van der Waals surface area contributed by atoms with Crippen LogP contribution in [0.1, 0.15) is 70.4 Å². The minimum Gasteiger partial charge on any atom is -0.506 e. The van der Waals surface area contributed by atoms with Gasteiger partial charge in [-0.1, -0.05) is 39.0 Å². The first kappa shape index (κ1) is 20.6. The molecule has 0 amide bonds. The molecule has 0 saturated heterocycles. The van der Waals surface area contributed by atoms with Gasteiger partial charge in [-0.05, 0) is 95.6 Å². The topological polar surface area (TPSA) is 35.8 Å². The van der Waals surface area contributed by atoms with E-state index < -0.39 is 0 Å². The molecule has 0 atom stereocenters. The van der Waals surface area contributed by atoms with E-state index in [-0.39, 0.29) is 11.2 Å². The van der Waals surface area contributed by atoms with Gasteiger partial charge in [-0.15, -0.1) is 0 Å². The SMILES string of the molecule is CN(C)c1ccc(C=Nc2cc(C34CC5(C)CC(C)(CC(C)(C5)C3)C4)ccc2O)cc1. The Morgan fingerprint density at radius 3 is 1.87 bits per heavy atom. The average molecular weight is 417 g/mol. The summed E-state index contributed by atoms with van der Waals surface area (Å²) >= 11 is 0. The molecule has 4 saturated carbocycles. The summed E-state index contributed by atoms with van der Waals surface area (Å²) in [6.45, 7) is 7.56. The van der Waals surface area contributed by atoms with Crippen LogP contribution >= 0.6 is 0 Å². The van der Waals surface area contributed by atoms with Crippen LogP contribution in [-0.4, -0.2) is 25.4 Å². The van der Waals surface area contributed by atoms with Gasteiger partial charge in [0, 0.05) is 26.0 Å². The van der Waals surface area contributed by atoms with Crippen LogP contribution in [0.5, 0.6) is 5.75 Å². The molecule has 3 heteroatoms. The van der Waals surface area contributed by atoms with E-state index in [1.807, 2.05) is 26.4 Å². The highest BCUT2D eigenvalue weighted by Gasteiger charge is 2.64. The summed E-state index contributed by atoms with van der Waals surface area (Å²) in [5.41, 5.74) is 5.80. The average Bonchev–Trinajstić information content (AvgIpc) is 2.63. The molecule has 4 aliphatic carbocycles.